The highest BCUT2D eigenvalue weighted by molar-refractivity contribution is 5.76. The van der Waals surface area contributed by atoms with Crippen molar-refractivity contribution in [3.63, 3.8) is 0 Å². The maximum atomic E-state index is 11.8. The molecule has 0 aliphatic carbocycles. The van der Waals surface area contributed by atoms with Crippen molar-refractivity contribution in [1.82, 2.24) is 15.1 Å². The molecule has 0 bridgehead atoms. The molecule has 0 radical (unpaired) electrons. The summed E-state index contributed by atoms with van der Waals surface area (Å²) in [6, 6.07) is 10.1. The van der Waals surface area contributed by atoms with E-state index in [9.17, 15) is 4.79 Å². The van der Waals surface area contributed by atoms with Gasteiger partial charge in [0.25, 0.3) is 0 Å². The molecule has 1 aromatic heterocycles. The van der Waals surface area contributed by atoms with Gasteiger partial charge in [-0.2, -0.15) is 5.10 Å². The highest BCUT2D eigenvalue weighted by Gasteiger charge is 2.09. The SMILES string of the molecule is Cc1nn(C)c(C)c1CCNC(=O)CCc1ccccc1. The summed E-state index contributed by atoms with van der Waals surface area (Å²) in [5.74, 6) is 0.109. The Morgan fingerprint density at radius 2 is 1.90 bits per heavy atom. The van der Waals surface area contributed by atoms with Crippen LogP contribution in [0.3, 0.4) is 0 Å². The van der Waals surface area contributed by atoms with Crippen LogP contribution >= 0.6 is 0 Å². The molecular formula is C17H23N3O. The third-order valence-corrected chi connectivity index (χ3v) is 3.84. The van der Waals surface area contributed by atoms with Gasteiger partial charge in [0.15, 0.2) is 0 Å². The molecule has 112 valence electrons. The van der Waals surface area contributed by atoms with Gasteiger partial charge < -0.3 is 5.32 Å². The zero-order chi connectivity index (χ0) is 15.2. The minimum Gasteiger partial charge on any atom is -0.356 e. The topological polar surface area (TPSA) is 46.9 Å². The number of hydrogen-bond donors (Lipinski definition) is 1. The fraction of sp³-hybridized carbons (Fsp3) is 0.412. The van der Waals surface area contributed by atoms with Crippen molar-refractivity contribution in [2.24, 2.45) is 7.05 Å². The van der Waals surface area contributed by atoms with E-state index in [1.807, 2.05) is 36.9 Å². The third-order valence-electron chi connectivity index (χ3n) is 3.84. The Morgan fingerprint density at radius 3 is 2.52 bits per heavy atom. The average Bonchev–Trinajstić information content (AvgIpc) is 2.72. The summed E-state index contributed by atoms with van der Waals surface area (Å²) >= 11 is 0. The Balaban J connectivity index is 1.74. The molecule has 1 aromatic carbocycles. The summed E-state index contributed by atoms with van der Waals surface area (Å²) in [7, 11) is 1.95. The van der Waals surface area contributed by atoms with E-state index < -0.39 is 0 Å². The van der Waals surface area contributed by atoms with Gasteiger partial charge in [0.05, 0.1) is 5.69 Å². The number of amides is 1. The van der Waals surface area contributed by atoms with E-state index >= 15 is 0 Å². The van der Waals surface area contributed by atoms with Gasteiger partial charge in [0.2, 0.25) is 5.91 Å². The lowest BCUT2D eigenvalue weighted by molar-refractivity contribution is -0.121. The van der Waals surface area contributed by atoms with Crippen LogP contribution < -0.4 is 5.32 Å². The fourth-order valence-electron chi connectivity index (χ4n) is 2.50. The molecule has 4 heteroatoms. The van der Waals surface area contributed by atoms with Gasteiger partial charge in [0.1, 0.15) is 0 Å². The smallest absolute Gasteiger partial charge is 0.220 e. The van der Waals surface area contributed by atoms with Crippen LogP contribution in [0.15, 0.2) is 30.3 Å². The first-order valence-electron chi connectivity index (χ1n) is 7.37. The van der Waals surface area contributed by atoms with Crippen LogP contribution in [0.5, 0.6) is 0 Å². The van der Waals surface area contributed by atoms with Crippen LogP contribution in [-0.2, 0) is 24.7 Å². The van der Waals surface area contributed by atoms with Crippen LogP contribution in [0, 0.1) is 13.8 Å². The second-order valence-electron chi connectivity index (χ2n) is 5.36. The lowest BCUT2D eigenvalue weighted by Gasteiger charge is -2.06. The highest BCUT2D eigenvalue weighted by atomic mass is 16.1. The van der Waals surface area contributed by atoms with E-state index in [0.717, 1.165) is 18.5 Å². The van der Waals surface area contributed by atoms with Crippen LogP contribution in [-0.4, -0.2) is 22.2 Å². The number of carbonyl (C=O) groups is 1. The predicted octanol–water partition coefficient (Wildman–Crippen LogP) is 2.33. The van der Waals surface area contributed by atoms with Crippen molar-refractivity contribution in [1.29, 1.82) is 0 Å². The van der Waals surface area contributed by atoms with E-state index in [1.54, 1.807) is 0 Å². The summed E-state index contributed by atoms with van der Waals surface area (Å²) < 4.78 is 1.89. The number of nitrogens with one attached hydrogen (secondary N) is 1. The number of rotatable bonds is 6. The largest absolute Gasteiger partial charge is 0.356 e. The Labute approximate surface area is 126 Å². The Hall–Kier alpha value is -2.10. The van der Waals surface area contributed by atoms with E-state index in [-0.39, 0.29) is 5.91 Å². The molecule has 0 aliphatic rings. The normalized spacial score (nSPS) is 10.6. The molecular weight excluding hydrogens is 262 g/mol. The Morgan fingerprint density at radius 1 is 1.19 bits per heavy atom. The van der Waals surface area contributed by atoms with Crippen LogP contribution in [0.4, 0.5) is 0 Å². The molecule has 2 rings (SSSR count). The van der Waals surface area contributed by atoms with Gasteiger partial charge >= 0.3 is 0 Å². The first-order chi connectivity index (χ1) is 10.1. The summed E-state index contributed by atoms with van der Waals surface area (Å²) in [5, 5.41) is 7.38. The number of benzene rings is 1. The van der Waals surface area contributed by atoms with E-state index in [1.165, 1.54) is 16.8 Å². The highest BCUT2D eigenvalue weighted by Crippen LogP contribution is 2.11. The number of aryl methyl sites for hydroxylation is 3. The summed E-state index contributed by atoms with van der Waals surface area (Å²) in [6.45, 7) is 4.74. The molecule has 0 saturated carbocycles. The average molecular weight is 285 g/mol. The molecule has 1 heterocycles. The van der Waals surface area contributed by atoms with Crippen molar-refractivity contribution in [3.8, 4) is 0 Å². The first kappa shape index (κ1) is 15.3. The van der Waals surface area contributed by atoms with E-state index in [0.29, 0.717) is 13.0 Å². The maximum absolute atomic E-state index is 11.8. The van der Waals surface area contributed by atoms with Gasteiger partial charge in [-0.25, -0.2) is 0 Å². The molecule has 0 saturated heterocycles. The Kier molecular flexibility index (Phi) is 5.14. The molecule has 21 heavy (non-hydrogen) atoms. The van der Waals surface area contributed by atoms with Gasteiger partial charge in [-0.1, -0.05) is 30.3 Å². The van der Waals surface area contributed by atoms with Crippen molar-refractivity contribution < 1.29 is 4.79 Å². The number of aromatic nitrogens is 2. The summed E-state index contributed by atoms with van der Waals surface area (Å²) in [6.07, 6.45) is 2.16. The molecule has 1 N–H and O–H groups in total. The minimum atomic E-state index is 0.109. The van der Waals surface area contributed by atoms with Gasteiger partial charge in [-0.3, -0.25) is 9.48 Å². The van der Waals surface area contributed by atoms with Crippen LogP contribution in [0.2, 0.25) is 0 Å². The second kappa shape index (κ2) is 7.07. The third kappa shape index (κ3) is 4.18. The van der Waals surface area contributed by atoms with E-state index in [2.05, 4.69) is 29.5 Å². The summed E-state index contributed by atoms with van der Waals surface area (Å²) in [5.41, 5.74) is 4.66. The molecule has 4 nitrogen and oxygen atoms in total. The van der Waals surface area contributed by atoms with Crippen molar-refractivity contribution >= 4 is 5.91 Å². The van der Waals surface area contributed by atoms with Crippen LogP contribution in [0.1, 0.15) is 28.9 Å². The maximum Gasteiger partial charge on any atom is 0.220 e. The van der Waals surface area contributed by atoms with Crippen molar-refractivity contribution in [3.05, 3.63) is 52.8 Å². The van der Waals surface area contributed by atoms with Gasteiger partial charge in [0, 0.05) is 25.7 Å². The zero-order valence-corrected chi connectivity index (χ0v) is 13.0. The first-order valence-corrected chi connectivity index (χ1v) is 7.37. The number of carbonyl (C=O) groups excluding carboxylic acids is 1. The molecule has 1 amide bonds. The van der Waals surface area contributed by atoms with E-state index in [4.69, 9.17) is 0 Å². The Bertz CT molecular complexity index is 602. The molecule has 0 unspecified atom stereocenters. The van der Waals surface area contributed by atoms with Gasteiger partial charge in [-0.05, 0) is 37.8 Å². The second-order valence-corrected chi connectivity index (χ2v) is 5.36. The number of hydrogen-bond acceptors (Lipinski definition) is 2. The minimum absolute atomic E-state index is 0.109. The predicted molar refractivity (Wildman–Crippen MR) is 84.2 cm³/mol. The molecule has 0 aliphatic heterocycles. The molecule has 2 aromatic rings. The lowest BCUT2D eigenvalue weighted by atomic mass is 10.1. The number of nitrogens with zero attached hydrogens (tertiary/aromatic N) is 2. The quantitative estimate of drug-likeness (QED) is 0.885. The van der Waals surface area contributed by atoms with Crippen LogP contribution in [0.25, 0.3) is 0 Å². The molecule has 0 fully saturated rings. The molecule has 0 atom stereocenters. The van der Waals surface area contributed by atoms with Gasteiger partial charge in [-0.15, -0.1) is 0 Å². The summed E-state index contributed by atoms with van der Waals surface area (Å²) in [4.78, 5) is 11.8. The molecule has 0 spiro atoms. The standard InChI is InChI=1S/C17H23N3O/c1-13-16(14(2)20(3)19-13)11-12-18-17(21)10-9-15-7-5-4-6-8-15/h4-8H,9-12H2,1-3H3,(H,18,21). The monoisotopic (exact) mass is 285 g/mol. The fourth-order valence-corrected chi connectivity index (χ4v) is 2.50. The van der Waals surface area contributed by atoms with Crippen molar-refractivity contribution in [2.45, 2.75) is 33.1 Å². The van der Waals surface area contributed by atoms with Crippen molar-refractivity contribution in [2.75, 3.05) is 6.54 Å². The lowest BCUT2D eigenvalue weighted by Crippen LogP contribution is -2.26. The zero-order valence-electron chi connectivity index (χ0n) is 13.0.